The minimum atomic E-state index is -3.70. The van der Waals surface area contributed by atoms with E-state index in [9.17, 15) is 18.0 Å². The number of likely N-dealkylation sites (tertiary alicyclic amines) is 1. The zero-order valence-electron chi connectivity index (χ0n) is 10.3. The zero-order valence-corrected chi connectivity index (χ0v) is 11.1. The molecule has 0 bridgehead atoms. The smallest absolute Gasteiger partial charge is 0.279 e. The number of amides is 2. The van der Waals surface area contributed by atoms with Crippen molar-refractivity contribution in [1.29, 1.82) is 0 Å². The third-order valence-electron chi connectivity index (χ3n) is 2.47. The van der Waals surface area contributed by atoms with E-state index in [1.807, 2.05) is 0 Å². The van der Waals surface area contributed by atoms with Crippen LogP contribution in [0.15, 0.2) is 0 Å². The first-order chi connectivity index (χ1) is 7.66. The quantitative estimate of drug-likeness (QED) is 0.654. The molecule has 1 heterocycles. The Labute approximate surface area is 101 Å². The van der Waals surface area contributed by atoms with Gasteiger partial charge < -0.3 is 0 Å². The first-order valence-electron chi connectivity index (χ1n) is 5.22. The predicted octanol–water partition coefficient (Wildman–Crippen LogP) is -1.08. The fourth-order valence-electron chi connectivity index (χ4n) is 1.57. The topological polar surface area (TPSA) is 86.8 Å². The van der Waals surface area contributed by atoms with Gasteiger partial charge in [-0.25, -0.2) is 0 Å². The third kappa shape index (κ3) is 2.82. The highest BCUT2D eigenvalue weighted by atomic mass is 32.2. The van der Waals surface area contributed by atoms with E-state index in [2.05, 4.69) is 4.72 Å². The molecule has 0 aromatic heterocycles. The summed E-state index contributed by atoms with van der Waals surface area (Å²) in [6, 6.07) is -1.25. The van der Waals surface area contributed by atoms with Crippen LogP contribution in [-0.2, 0) is 19.8 Å². The maximum absolute atomic E-state index is 11.8. The second-order valence-corrected chi connectivity index (χ2v) is 6.27. The van der Waals surface area contributed by atoms with E-state index in [1.165, 1.54) is 14.1 Å². The number of imide groups is 1. The molecule has 1 atom stereocenters. The summed E-state index contributed by atoms with van der Waals surface area (Å²) in [5.74, 6) is -0.841. The fourth-order valence-corrected chi connectivity index (χ4v) is 2.33. The molecule has 0 aromatic carbocycles. The Morgan fingerprint density at radius 1 is 1.35 bits per heavy atom. The van der Waals surface area contributed by atoms with Gasteiger partial charge in [0.1, 0.15) is 6.04 Å². The molecule has 98 valence electrons. The molecule has 1 aliphatic rings. The lowest BCUT2D eigenvalue weighted by atomic mass is 10.3. The van der Waals surface area contributed by atoms with Gasteiger partial charge in [-0.15, -0.1) is 0 Å². The second-order valence-electron chi connectivity index (χ2n) is 4.36. The Balaban J connectivity index is 2.84. The Morgan fingerprint density at radius 3 is 2.24 bits per heavy atom. The lowest BCUT2D eigenvalue weighted by molar-refractivity contribution is -0.140. The van der Waals surface area contributed by atoms with Crippen LogP contribution in [0.2, 0.25) is 0 Å². The maximum Gasteiger partial charge on any atom is 0.279 e. The molecule has 1 aliphatic heterocycles. The number of hydrogen-bond donors (Lipinski definition) is 1. The molecule has 0 spiro atoms. The Kier molecular flexibility index (Phi) is 3.90. The second kappa shape index (κ2) is 4.71. The number of nitrogens with zero attached hydrogens (tertiary/aromatic N) is 2. The lowest BCUT2D eigenvalue weighted by Crippen LogP contribution is -2.47. The van der Waals surface area contributed by atoms with Crippen LogP contribution in [0.5, 0.6) is 0 Å². The summed E-state index contributed by atoms with van der Waals surface area (Å²) in [5.41, 5.74) is 0. The molecule has 17 heavy (non-hydrogen) atoms. The van der Waals surface area contributed by atoms with Crippen LogP contribution in [0.3, 0.4) is 0 Å². The van der Waals surface area contributed by atoms with E-state index in [0.29, 0.717) is 0 Å². The molecule has 2 amide bonds. The summed E-state index contributed by atoms with van der Waals surface area (Å²) in [5, 5.41) is 0. The number of hydrogen-bond acceptors (Lipinski definition) is 4. The van der Waals surface area contributed by atoms with Crippen molar-refractivity contribution in [2.45, 2.75) is 32.4 Å². The van der Waals surface area contributed by atoms with Gasteiger partial charge in [-0.2, -0.15) is 17.4 Å². The van der Waals surface area contributed by atoms with Crippen molar-refractivity contribution in [2.75, 3.05) is 14.1 Å². The van der Waals surface area contributed by atoms with Crippen molar-refractivity contribution < 1.29 is 18.0 Å². The summed E-state index contributed by atoms with van der Waals surface area (Å²) < 4.78 is 26.3. The Hall–Kier alpha value is -0.990. The van der Waals surface area contributed by atoms with Crippen molar-refractivity contribution in [1.82, 2.24) is 13.9 Å². The largest absolute Gasteiger partial charge is 0.279 e. The summed E-state index contributed by atoms with van der Waals surface area (Å²) in [7, 11) is -1.00. The molecule has 1 unspecified atom stereocenters. The summed E-state index contributed by atoms with van der Waals surface area (Å²) >= 11 is 0. The normalized spacial score (nSPS) is 22.0. The van der Waals surface area contributed by atoms with Crippen LogP contribution in [0, 0.1) is 0 Å². The van der Waals surface area contributed by atoms with Gasteiger partial charge in [0.15, 0.2) is 0 Å². The van der Waals surface area contributed by atoms with Crippen LogP contribution < -0.4 is 4.72 Å². The predicted molar refractivity (Wildman–Crippen MR) is 61.1 cm³/mol. The SMILES string of the molecule is CC(C)N1C(=O)CC(NS(=O)(=O)N(C)C)C1=O. The van der Waals surface area contributed by atoms with Crippen molar-refractivity contribution in [3.63, 3.8) is 0 Å². The Morgan fingerprint density at radius 2 is 1.88 bits per heavy atom. The number of rotatable bonds is 4. The van der Waals surface area contributed by atoms with E-state index < -0.39 is 22.2 Å². The Bertz CT molecular complexity index is 430. The van der Waals surface area contributed by atoms with E-state index >= 15 is 0 Å². The third-order valence-corrected chi connectivity index (χ3v) is 4.02. The van der Waals surface area contributed by atoms with Gasteiger partial charge in [0.2, 0.25) is 11.8 Å². The molecular formula is C9H17N3O4S. The van der Waals surface area contributed by atoms with Crippen molar-refractivity contribution in [2.24, 2.45) is 0 Å². The highest BCUT2D eigenvalue weighted by molar-refractivity contribution is 7.87. The molecule has 8 heteroatoms. The van der Waals surface area contributed by atoms with Gasteiger partial charge in [0.25, 0.3) is 10.2 Å². The highest BCUT2D eigenvalue weighted by Gasteiger charge is 2.41. The molecule has 1 rings (SSSR count). The highest BCUT2D eigenvalue weighted by Crippen LogP contribution is 2.16. The van der Waals surface area contributed by atoms with Crippen molar-refractivity contribution >= 4 is 22.0 Å². The summed E-state index contributed by atoms with van der Waals surface area (Å²) in [6.07, 6.45) is -0.121. The van der Waals surface area contributed by atoms with E-state index in [4.69, 9.17) is 0 Å². The van der Waals surface area contributed by atoms with E-state index in [0.717, 1.165) is 9.21 Å². The standard InChI is InChI=1S/C9H17N3O4S/c1-6(2)12-8(13)5-7(9(12)14)10-17(15,16)11(3)4/h6-7,10H,5H2,1-4H3. The van der Waals surface area contributed by atoms with Crippen LogP contribution in [-0.4, -0.2) is 55.6 Å². The van der Waals surface area contributed by atoms with Crippen molar-refractivity contribution in [3.05, 3.63) is 0 Å². The molecule has 0 aliphatic carbocycles. The van der Waals surface area contributed by atoms with Crippen molar-refractivity contribution in [3.8, 4) is 0 Å². The average molecular weight is 263 g/mol. The van der Waals surface area contributed by atoms with Crippen LogP contribution in [0.1, 0.15) is 20.3 Å². The number of nitrogens with one attached hydrogen (secondary N) is 1. The molecule has 1 fully saturated rings. The fraction of sp³-hybridized carbons (Fsp3) is 0.778. The number of carbonyl (C=O) groups excluding carboxylic acids is 2. The molecule has 0 radical (unpaired) electrons. The van der Waals surface area contributed by atoms with Gasteiger partial charge in [-0.1, -0.05) is 0 Å². The average Bonchev–Trinajstić information content (AvgIpc) is 2.40. The van der Waals surface area contributed by atoms with Gasteiger partial charge in [0, 0.05) is 20.1 Å². The summed E-state index contributed by atoms with van der Waals surface area (Å²) in [4.78, 5) is 24.5. The van der Waals surface area contributed by atoms with Gasteiger partial charge in [-0.3, -0.25) is 14.5 Å². The van der Waals surface area contributed by atoms with Gasteiger partial charge in [0.05, 0.1) is 6.42 Å². The van der Waals surface area contributed by atoms with Crippen LogP contribution in [0.4, 0.5) is 0 Å². The molecular weight excluding hydrogens is 246 g/mol. The van der Waals surface area contributed by atoms with Crippen LogP contribution >= 0.6 is 0 Å². The molecule has 7 nitrogen and oxygen atoms in total. The molecule has 1 saturated heterocycles. The molecule has 0 aromatic rings. The first kappa shape index (κ1) is 14.1. The minimum absolute atomic E-state index is 0.121. The van der Waals surface area contributed by atoms with Gasteiger partial charge in [-0.05, 0) is 13.8 Å². The number of carbonyl (C=O) groups is 2. The van der Waals surface area contributed by atoms with Gasteiger partial charge >= 0.3 is 0 Å². The molecule has 0 saturated carbocycles. The summed E-state index contributed by atoms with van der Waals surface area (Å²) in [6.45, 7) is 3.41. The van der Waals surface area contributed by atoms with E-state index in [1.54, 1.807) is 13.8 Å². The zero-order chi connectivity index (χ0) is 13.4. The molecule has 1 N–H and O–H groups in total. The van der Waals surface area contributed by atoms with E-state index in [-0.39, 0.29) is 18.4 Å². The lowest BCUT2D eigenvalue weighted by Gasteiger charge is -2.20. The first-order valence-corrected chi connectivity index (χ1v) is 6.66. The minimum Gasteiger partial charge on any atom is -0.279 e. The monoisotopic (exact) mass is 263 g/mol. The van der Waals surface area contributed by atoms with Crippen LogP contribution in [0.25, 0.3) is 0 Å². The maximum atomic E-state index is 11.8.